The molecule has 2 aliphatic carbocycles. The lowest BCUT2D eigenvalue weighted by Gasteiger charge is -2.34. The van der Waals surface area contributed by atoms with E-state index in [4.69, 9.17) is 0 Å². The van der Waals surface area contributed by atoms with Gasteiger partial charge >= 0.3 is 0 Å². The molecule has 0 unspecified atom stereocenters. The van der Waals surface area contributed by atoms with Crippen molar-refractivity contribution in [3.63, 3.8) is 0 Å². The highest BCUT2D eigenvalue weighted by Gasteiger charge is 2.48. The summed E-state index contributed by atoms with van der Waals surface area (Å²) < 4.78 is 5.21. The third-order valence-corrected chi connectivity index (χ3v) is 28.2. The number of nitrogens with zero attached hydrogens (tertiary/aromatic N) is 2. The van der Waals surface area contributed by atoms with Gasteiger partial charge < -0.3 is 9.80 Å². The van der Waals surface area contributed by atoms with Gasteiger partial charge in [0.05, 0.1) is 10.8 Å². The molecule has 0 aliphatic heterocycles. The Morgan fingerprint density at radius 2 is 0.460 bits per heavy atom. The molecule has 2 nitrogen and oxygen atoms in total. The molecule has 0 amide bonds. The van der Waals surface area contributed by atoms with Gasteiger partial charge in [-0.3, -0.25) is 0 Å². The predicted octanol–water partition coefficient (Wildman–Crippen LogP) is 33.8. The smallest absolute Gasteiger partial charge is 0.0714 e. The molecule has 22 aromatic rings. The van der Waals surface area contributed by atoms with Crippen LogP contribution in [-0.2, 0) is 10.8 Å². The molecule has 126 heavy (non-hydrogen) atoms. The molecule has 0 atom stereocenters. The maximum absolute atomic E-state index is 2.49. The number of fused-ring (bicyclic) bond motifs is 12. The van der Waals surface area contributed by atoms with E-state index in [0.717, 1.165) is 34.1 Å². The maximum atomic E-state index is 2.49. The lowest BCUT2D eigenvalue weighted by molar-refractivity contribution is 0.770. The summed E-state index contributed by atoms with van der Waals surface area (Å²) in [5, 5.41) is 5.19. The number of anilines is 6. The topological polar surface area (TPSA) is 6.48 Å². The van der Waals surface area contributed by atoms with E-state index in [-0.39, 0.29) is 0 Å². The van der Waals surface area contributed by atoms with Gasteiger partial charge in [0.1, 0.15) is 0 Å². The number of hydrogen-bond donors (Lipinski definition) is 0. The summed E-state index contributed by atoms with van der Waals surface area (Å²) in [5.41, 5.74) is 36.1. The van der Waals surface area contributed by atoms with Gasteiger partial charge in [-0.25, -0.2) is 0 Å². The Hall–Kier alpha value is -15.6. The summed E-state index contributed by atoms with van der Waals surface area (Å²) in [6, 6.07) is 183. The summed E-state index contributed by atoms with van der Waals surface area (Å²) in [6.07, 6.45) is 0. The van der Waals surface area contributed by atoms with Crippen molar-refractivity contribution in [2.24, 2.45) is 0 Å². The van der Waals surface area contributed by atoms with Crippen LogP contribution in [0.1, 0.15) is 44.5 Å². The van der Waals surface area contributed by atoms with Crippen molar-refractivity contribution in [2.45, 2.75) is 10.8 Å². The van der Waals surface area contributed by atoms with Crippen molar-refractivity contribution in [1.29, 1.82) is 0 Å². The fourth-order valence-electron chi connectivity index (χ4n) is 20.2. The zero-order chi connectivity index (χ0) is 83.5. The van der Waals surface area contributed by atoms with Crippen molar-refractivity contribution in [1.82, 2.24) is 0 Å². The van der Waals surface area contributed by atoms with E-state index in [0.29, 0.717) is 0 Å². The minimum absolute atomic E-state index is 0.410. The van der Waals surface area contributed by atoms with Crippen LogP contribution in [0.5, 0.6) is 0 Å². The lowest BCUT2D eigenvalue weighted by Crippen LogP contribution is -2.28. The fraction of sp³-hybridized carbons (Fsp3) is 0.0164. The monoisotopic (exact) mass is 1640 g/mol. The van der Waals surface area contributed by atoms with Crippen molar-refractivity contribution < 1.29 is 0 Å². The Bertz CT molecular complexity index is 7720. The third kappa shape index (κ3) is 13.1. The average molecular weight is 1640 g/mol. The van der Waals surface area contributed by atoms with E-state index < -0.39 is 10.8 Å². The van der Waals surface area contributed by atoms with Gasteiger partial charge in [0.2, 0.25) is 0 Å². The van der Waals surface area contributed by atoms with Gasteiger partial charge in [-0.05, 0) is 243 Å². The van der Waals surface area contributed by atoms with Gasteiger partial charge in [-0.1, -0.05) is 388 Å². The van der Waals surface area contributed by atoms with Crippen LogP contribution in [0.3, 0.4) is 0 Å². The van der Waals surface area contributed by atoms with Crippen LogP contribution in [0.25, 0.3) is 129 Å². The number of hydrogen-bond acceptors (Lipinski definition) is 4. The van der Waals surface area contributed by atoms with E-state index >= 15 is 0 Å². The lowest BCUT2D eigenvalue weighted by atomic mass is 9.67. The first kappa shape index (κ1) is 75.4. The fourth-order valence-corrected chi connectivity index (χ4v) is 22.6. The van der Waals surface area contributed by atoms with E-state index in [9.17, 15) is 0 Å². The molecule has 2 aliphatic rings. The number of rotatable bonds is 16. The van der Waals surface area contributed by atoms with Gasteiger partial charge in [0.25, 0.3) is 0 Å². The number of thiophene rings is 2. The highest BCUT2D eigenvalue weighted by Crippen LogP contribution is 2.59. The molecule has 0 saturated carbocycles. The van der Waals surface area contributed by atoms with Crippen molar-refractivity contribution in [2.75, 3.05) is 9.80 Å². The van der Waals surface area contributed by atoms with Gasteiger partial charge in [-0.15, -0.1) is 22.7 Å². The summed E-state index contributed by atoms with van der Waals surface area (Å²) in [5.74, 6) is 0. The molecular formula is C122H82N2S2. The molecule has 592 valence electrons. The molecule has 0 fully saturated rings. The van der Waals surface area contributed by atoms with E-state index in [1.54, 1.807) is 0 Å². The minimum Gasteiger partial charge on any atom is -0.310 e. The van der Waals surface area contributed by atoms with Crippen LogP contribution in [-0.4, -0.2) is 0 Å². The number of benzene rings is 20. The first-order valence-electron chi connectivity index (χ1n) is 43.3. The predicted molar refractivity (Wildman–Crippen MR) is 535 cm³/mol. The van der Waals surface area contributed by atoms with E-state index in [1.807, 2.05) is 22.7 Å². The summed E-state index contributed by atoms with van der Waals surface area (Å²) in [4.78, 5) is 4.69. The Morgan fingerprint density at radius 3 is 0.929 bits per heavy atom. The van der Waals surface area contributed by atoms with Crippen LogP contribution in [0.15, 0.2) is 497 Å². The van der Waals surface area contributed by atoms with Gasteiger partial charge in [0.15, 0.2) is 0 Å². The first-order chi connectivity index (χ1) is 62.5. The highest BCUT2D eigenvalue weighted by molar-refractivity contribution is 7.26. The van der Waals surface area contributed by atoms with Crippen LogP contribution >= 0.6 is 22.7 Å². The average Bonchev–Trinajstić information content (AvgIpc) is 1.54. The molecule has 20 aromatic carbocycles. The highest BCUT2D eigenvalue weighted by atomic mass is 32.1. The first-order valence-corrected chi connectivity index (χ1v) is 45.0. The molecule has 0 radical (unpaired) electrons. The zero-order valence-electron chi connectivity index (χ0n) is 69.1. The van der Waals surface area contributed by atoms with E-state index in [2.05, 4.69) is 507 Å². The normalized spacial score (nSPS) is 12.6. The standard InChI is InChI=1S/2C61H41NS/c1-4-17-42(18-5-1)43-33-36-50(37-34-43)62(49-24-8-3-9-25-49)51-26-15-20-45(40-51)44-19-14-21-46(39-44)52-29-16-30-55-56-41-48(35-38-59(56)63-60(52)55)61(47-22-6-2-7-23-47)57-31-12-10-27-53(57)54-28-11-13-32-58(54)61;1-4-16-42(17-5-1)43-30-34-51(35-31-43)62(50-23-8-3-9-24-50)52-25-15-20-46(39-52)44-18-14-19-45(38-44)47-32-36-55-56-37-33-49(41-60(56)63-59(55)40-47)61(48-21-6-2-7-22-48)57-28-12-10-26-53(57)54-27-11-13-29-58(54)61/h2*1-41H. The Labute approximate surface area is 743 Å². The minimum atomic E-state index is -0.431. The maximum Gasteiger partial charge on any atom is 0.0714 e. The molecule has 2 heterocycles. The SMILES string of the molecule is c1ccc(-c2ccc(N(c3ccccc3)c3cccc(-c4cccc(-c5ccc6c(c5)sc5cc(C7(c8ccccc8)c8ccccc8-c8ccccc87)ccc56)c4)c3)cc2)cc1.c1ccc(-c2ccc(N(c3ccccc3)c3cccc(-c4cccc(-c5cccc6c5sc5ccc(C7(c8ccccc8)c8ccccc8-c8ccccc87)cc56)c4)c3)cc2)cc1. The second-order valence-electron chi connectivity index (χ2n) is 32.9. The zero-order valence-corrected chi connectivity index (χ0v) is 70.7. The van der Waals surface area contributed by atoms with Crippen LogP contribution in [0, 0.1) is 0 Å². The molecule has 0 N–H and O–H groups in total. The molecule has 4 heteroatoms. The summed E-state index contributed by atoms with van der Waals surface area (Å²) >= 11 is 3.79. The molecule has 2 aromatic heterocycles. The largest absolute Gasteiger partial charge is 0.310 e. The molecular weight excluding hydrogens is 1560 g/mol. The molecule has 0 spiro atoms. The van der Waals surface area contributed by atoms with Crippen LogP contribution in [0.4, 0.5) is 34.1 Å². The van der Waals surface area contributed by atoms with Crippen molar-refractivity contribution >= 4 is 97.1 Å². The summed E-state index contributed by atoms with van der Waals surface area (Å²) in [6.45, 7) is 0. The molecule has 0 bridgehead atoms. The number of para-hydroxylation sites is 2. The molecule has 24 rings (SSSR count). The van der Waals surface area contributed by atoms with Gasteiger partial charge in [0, 0.05) is 74.5 Å². The third-order valence-electron chi connectivity index (χ3n) is 25.9. The Kier molecular flexibility index (Phi) is 19.2. The quantitative estimate of drug-likeness (QED) is 0.0951. The van der Waals surface area contributed by atoms with Crippen molar-refractivity contribution in [3.8, 4) is 89.0 Å². The van der Waals surface area contributed by atoms with Crippen molar-refractivity contribution in [3.05, 3.63) is 542 Å². The van der Waals surface area contributed by atoms with Crippen LogP contribution in [0.2, 0.25) is 0 Å². The van der Waals surface area contributed by atoms with E-state index in [1.165, 1.54) is 174 Å². The molecule has 0 saturated heterocycles. The second-order valence-corrected chi connectivity index (χ2v) is 35.0. The van der Waals surface area contributed by atoms with Crippen LogP contribution < -0.4 is 9.80 Å². The Balaban J connectivity index is 0.000000145. The second kappa shape index (κ2) is 32.0. The van der Waals surface area contributed by atoms with Gasteiger partial charge in [-0.2, -0.15) is 0 Å². The Morgan fingerprint density at radius 1 is 0.151 bits per heavy atom. The summed E-state index contributed by atoms with van der Waals surface area (Å²) in [7, 11) is 0.